The Morgan fingerprint density at radius 1 is 1.25 bits per heavy atom. The van der Waals surface area contributed by atoms with Gasteiger partial charge in [0.1, 0.15) is 0 Å². The minimum Gasteiger partial charge on any atom is -0.335 e. The average molecular weight is 176 g/mol. The normalized spacial score (nSPS) is 4.50. The smallest absolute Gasteiger partial charge is 0.335 e. The number of hydrogen-bond acceptors (Lipinski definition) is 0. The molecule has 0 aromatic rings. The van der Waals surface area contributed by atoms with Gasteiger partial charge >= 0.3 is 68.9 Å². The van der Waals surface area contributed by atoms with Crippen molar-refractivity contribution in [2.75, 3.05) is 0 Å². The summed E-state index contributed by atoms with van der Waals surface area (Å²) in [7, 11) is 0. The zero-order valence-electron chi connectivity index (χ0n) is 3.58. The van der Waals surface area contributed by atoms with Crippen LogP contribution in [0.5, 0.6) is 0 Å². The molecule has 0 bridgehead atoms. The van der Waals surface area contributed by atoms with E-state index < -0.39 is 0 Å². The summed E-state index contributed by atoms with van der Waals surface area (Å²) in [6.45, 7) is 4.00. The second-order valence-electron chi connectivity index (χ2n) is 0.577. The fraction of sp³-hybridized carbons (Fsp3) is 0.667. The number of hydrogen-bond donors (Lipinski definition) is 0. The van der Waals surface area contributed by atoms with Crippen LogP contribution in [0, 0.1) is 6.42 Å². The van der Waals surface area contributed by atoms with Crippen LogP contribution in [0.15, 0.2) is 0 Å². The zero-order valence-corrected chi connectivity index (χ0v) is 9.86. The van der Waals surface area contributed by atoms with Gasteiger partial charge in [-0.3, -0.25) is 0 Å². The minimum absolute atomic E-state index is 0. The molecule has 20 valence electrons. The van der Waals surface area contributed by atoms with Gasteiger partial charge in [0, 0.05) is 0 Å². The molecule has 0 fully saturated rings. The van der Waals surface area contributed by atoms with Crippen LogP contribution in [-0.4, -0.2) is 0 Å². The molecule has 0 aliphatic rings. The van der Waals surface area contributed by atoms with E-state index in [1.807, 2.05) is 20.3 Å². The fourth-order valence-electron chi connectivity index (χ4n) is 0. The minimum atomic E-state index is 0. The summed E-state index contributed by atoms with van der Waals surface area (Å²) in [5.74, 6) is 0. The Labute approximate surface area is 86.8 Å². The van der Waals surface area contributed by atoms with Crippen molar-refractivity contribution in [3.63, 3.8) is 0 Å². The summed E-state index contributed by atoms with van der Waals surface area (Å²) in [4.78, 5) is 0. The van der Waals surface area contributed by atoms with Gasteiger partial charge in [-0.2, -0.15) is 13.8 Å². The molecule has 0 aromatic heterocycles. The molecular weight excluding hydrogens is 169 g/mol. The van der Waals surface area contributed by atoms with Crippen LogP contribution < -0.4 is 68.9 Å². The van der Waals surface area contributed by atoms with Crippen LogP contribution in [0.4, 0.5) is 0 Å². The molecule has 0 saturated heterocycles. The Bertz CT molecular complexity index is 3.25. The van der Waals surface area contributed by atoms with Crippen LogP contribution >= 0.6 is 0 Å². The van der Waals surface area contributed by atoms with E-state index in [1.54, 1.807) is 0 Å². The monoisotopic (exact) mass is 176 g/mol. The van der Waals surface area contributed by atoms with Gasteiger partial charge < -0.3 is 6.42 Å². The van der Waals surface area contributed by atoms with Crippen molar-refractivity contribution in [3.8, 4) is 0 Å². The van der Waals surface area contributed by atoms with Crippen LogP contribution in [0.25, 0.3) is 0 Å². The molecule has 0 amide bonds. The van der Waals surface area contributed by atoms with E-state index >= 15 is 0 Å². The molecule has 0 nitrogen and oxygen atoms in total. The van der Waals surface area contributed by atoms with Gasteiger partial charge in [0.15, 0.2) is 0 Å². The average Bonchev–Trinajstić information content (AvgIpc) is 0.918. The van der Waals surface area contributed by atoms with E-state index in [4.69, 9.17) is 0 Å². The maximum atomic E-state index is 2.00. The summed E-state index contributed by atoms with van der Waals surface area (Å²) in [6, 6.07) is 0. The summed E-state index contributed by atoms with van der Waals surface area (Å²) < 4.78 is 0. The van der Waals surface area contributed by atoms with Crippen molar-refractivity contribution in [1.82, 2.24) is 0 Å². The molecule has 0 unspecified atom stereocenters. The molecule has 0 rings (SSSR count). The molecule has 0 aromatic carbocycles. The van der Waals surface area contributed by atoms with Gasteiger partial charge in [-0.05, 0) is 0 Å². The molecule has 0 atom stereocenters. The first-order chi connectivity index (χ1) is 1.41. The van der Waals surface area contributed by atoms with Crippen molar-refractivity contribution in [2.24, 2.45) is 0 Å². The van der Waals surface area contributed by atoms with Gasteiger partial charge in [0.2, 0.25) is 0 Å². The molecule has 0 spiro atoms. The van der Waals surface area contributed by atoms with Gasteiger partial charge in [-0.1, -0.05) is 0 Å². The summed E-state index contributed by atoms with van der Waals surface area (Å²) in [5, 5.41) is 0. The molecule has 4 heavy (non-hydrogen) atoms. The molecule has 0 aliphatic carbocycles. The van der Waals surface area contributed by atoms with E-state index in [9.17, 15) is 0 Å². The predicted octanol–water partition coefficient (Wildman–Crippen LogP) is -1.77. The van der Waals surface area contributed by atoms with Gasteiger partial charge in [-0.25, -0.2) is 0 Å². The van der Waals surface area contributed by atoms with Crippen molar-refractivity contribution in [3.05, 3.63) is 6.42 Å². The van der Waals surface area contributed by atoms with E-state index in [-0.39, 0.29) is 68.9 Å². The van der Waals surface area contributed by atoms with E-state index in [0.717, 1.165) is 0 Å². The zero-order chi connectivity index (χ0) is 2.71. The molecule has 0 N–H and O–H groups in total. The first-order valence-electron chi connectivity index (χ1n) is 1.15. The van der Waals surface area contributed by atoms with E-state index in [2.05, 4.69) is 0 Å². The third-order valence-corrected chi connectivity index (χ3v) is 0. The SMILES string of the molecule is C[CH-]C.[Cs+]. The standard InChI is InChI=1S/C3H7.Cs/c1-3-2;/h3H,1-2H3;/q-1;+1. The fourth-order valence-corrected chi connectivity index (χ4v) is 0. The predicted molar refractivity (Wildman–Crippen MR) is 15.6 cm³/mol. The Hall–Kier alpha value is 2.05. The summed E-state index contributed by atoms with van der Waals surface area (Å²) in [6.07, 6.45) is 2.00. The molecule has 0 aliphatic heterocycles. The first kappa shape index (κ1) is 9.41. The topological polar surface area (TPSA) is 0 Å². The maximum Gasteiger partial charge on any atom is 1.00 e. The van der Waals surface area contributed by atoms with E-state index in [0.29, 0.717) is 0 Å². The molecule has 0 heterocycles. The molecule has 0 saturated carbocycles. The molecule has 0 radical (unpaired) electrons. The second kappa shape index (κ2) is 8.90. The Kier molecular flexibility index (Phi) is 20.9. The third kappa shape index (κ3) is 8.96. The third-order valence-electron chi connectivity index (χ3n) is 0. The largest absolute Gasteiger partial charge is 1.00 e. The van der Waals surface area contributed by atoms with Crippen LogP contribution in [0.3, 0.4) is 0 Å². The molecule has 1 heteroatoms. The van der Waals surface area contributed by atoms with Crippen LogP contribution in [0.1, 0.15) is 13.8 Å². The molecular formula is C3H7Cs. The van der Waals surface area contributed by atoms with Crippen molar-refractivity contribution in [2.45, 2.75) is 13.8 Å². The Balaban J connectivity index is 0. The van der Waals surface area contributed by atoms with Crippen molar-refractivity contribution >= 4 is 0 Å². The number of rotatable bonds is 0. The van der Waals surface area contributed by atoms with Crippen LogP contribution in [-0.2, 0) is 0 Å². The summed E-state index contributed by atoms with van der Waals surface area (Å²) in [5.41, 5.74) is 0. The Morgan fingerprint density at radius 2 is 1.25 bits per heavy atom. The van der Waals surface area contributed by atoms with Gasteiger partial charge in [0.25, 0.3) is 0 Å². The quantitative estimate of drug-likeness (QED) is 0.383. The van der Waals surface area contributed by atoms with Gasteiger partial charge in [-0.15, -0.1) is 0 Å². The second-order valence-corrected chi connectivity index (χ2v) is 0.577. The van der Waals surface area contributed by atoms with Gasteiger partial charge in [0.05, 0.1) is 0 Å². The first-order valence-corrected chi connectivity index (χ1v) is 1.15. The maximum absolute atomic E-state index is 2.00. The Morgan fingerprint density at radius 3 is 1.25 bits per heavy atom. The van der Waals surface area contributed by atoms with Crippen molar-refractivity contribution in [1.29, 1.82) is 0 Å². The van der Waals surface area contributed by atoms with E-state index in [1.165, 1.54) is 0 Å². The van der Waals surface area contributed by atoms with Crippen molar-refractivity contribution < 1.29 is 68.9 Å². The summed E-state index contributed by atoms with van der Waals surface area (Å²) >= 11 is 0. The van der Waals surface area contributed by atoms with Crippen LogP contribution in [0.2, 0.25) is 0 Å².